The van der Waals surface area contributed by atoms with Crippen LogP contribution in [-0.2, 0) is 33.8 Å². The Labute approximate surface area is 222 Å². The van der Waals surface area contributed by atoms with E-state index in [1.807, 2.05) is 30.3 Å². The molecule has 0 saturated carbocycles. The number of hydrogen-bond donors (Lipinski definition) is 2. The number of alkyl carbamates (subject to hydrolysis) is 1. The molecule has 0 aliphatic rings. The fraction of sp³-hybridized carbons (Fsp3) is 0.310. The molecule has 3 rings (SSSR count). The van der Waals surface area contributed by atoms with Crippen molar-refractivity contribution in [3.8, 4) is 5.75 Å². The number of carbonyl (C=O) groups excluding carboxylic acids is 3. The molecule has 1 aromatic heterocycles. The number of amides is 2. The molecule has 3 aromatic rings. The highest BCUT2D eigenvalue weighted by atomic mass is 16.6. The Morgan fingerprint density at radius 1 is 0.921 bits per heavy atom. The smallest absolute Gasteiger partial charge is 0.408 e. The van der Waals surface area contributed by atoms with E-state index in [1.165, 1.54) is 7.11 Å². The first-order valence-corrected chi connectivity index (χ1v) is 12.2. The maximum Gasteiger partial charge on any atom is 0.408 e. The first-order chi connectivity index (χ1) is 18.1. The molecule has 1 atom stereocenters. The molecule has 0 saturated heterocycles. The van der Waals surface area contributed by atoms with Crippen molar-refractivity contribution < 1.29 is 28.6 Å². The summed E-state index contributed by atoms with van der Waals surface area (Å²) in [4.78, 5) is 41.5. The predicted octanol–water partition coefficient (Wildman–Crippen LogP) is 4.20. The van der Waals surface area contributed by atoms with Crippen LogP contribution in [0.15, 0.2) is 72.9 Å². The molecule has 1 unspecified atom stereocenters. The Bertz CT molecular complexity index is 1210. The van der Waals surface area contributed by atoms with Gasteiger partial charge in [0, 0.05) is 18.7 Å². The van der Waals surface area contributed by atoms with E-state index in [4.69, 9.17) is 14.2 Å². The number of pyridine rings is 1. The molecule has 38 heavy (non-hydrogen) atoms. The summed E-state index contributed by atoms with van der Waals surface area (Å²) in [6.45, 7) is 5.85. The summed E-state index contributed by atoms with van der Waals surface area (Å²) < 4.78 is 15.8. The molecule has 200 valence electrons. The molecular weight excluding hydrogens is 486 g/mol. The zero-order valence-electron chi connectivity index (χ0n) is 22.0. The SMILES string of the molecule is COC(=O)c1ccc(CNC(=O)C(Cc2ccc(OCc3ccccc3)cn2)NC(=O)OC(C)(C)C)cc1. The van der Waals surface area contributed by atoms with Crippen LogP contribution in [0.1, 0.15) is 48.0 Å². The van der Waals surface area contributed by atoms with Gasteiger partial charge in [-0.15, -0.1) is 0 Å². The first-order valence-electron chi connectivity index (χ1n) is 12.2. The summed E-state index contributed by atoms with van der Waals surface area (Å²) in [7, 11) is 1.31. The number of ether oxygens (including phenoxy) is 3. The summed E-state index contributed by atoms with van der Waals surface area (Å²) in [5.41, 5.74) is 2.10. The van der Waals surface area contributed by atoms with Crippen molar-refractivity contribution in [3.05, 3.63) is 95.3 Å². The van der Waals surface area contributed by atoms with Crippen molar-refractivity contribution in [2.45, 2.75) is 52.0 Å². The summed E-state index contributed by atoms with van der Waals surface area (Å²) in [5, 5.41) is 5.47. The maximum atomic E-state index is 13.1. The van der Waals surface area contributed by atoms with Gasteiger partial charge >= 0.3 is 12.1 Å². The average Bonchev–Trinajstić information content (AvgIpc) is 2.90. The highest BCUT2D eigenvalue weighted by molar-refractivity contribution is 5.89. The van der Waals surface area contributed by atoms with Crippen molar-refractivity contribution in [3.63, 3.8) is 0 Å². The van der Waals surface area contributed by atoms with Crippen LogP contribution in [0.2, 0.25) is 0 Å². The van der Waals surface area contributed by atoms with Gasteiger partial charge in [0.15, 0.2) is 0 Å². The Balaban J connectivity index is 1.64. The van der Waals surface area contributed by atoms with E-state index in [0.29, 0.717) is 23.6 Å². The third kappa shape index (κ3) is 9.24. The number of carbonyl (C=O) groups is 3. The lowest BCUT2D eigenvalue weighted by atomic mass is 10.1. The molecule has 2 amide bonds. The molecule has 0 spiro atoms. The standard InChI is InChI=1S/C29H33N3O6/c1-29(2,3)38-28(35)32-25(26(33)31-17-20-10-12-22(13-11-20)27(34)36-4)16-23-14-15-24(18-30-23)37-19-21-8-6-5-7-9-21/h5-15,18,25H,16-17,19H2,1-4H3,(H,31,33)(H,32,35). The van der Waals surface area contributed by atoms with E-state index in [9.17, 15) is 14.4 Å². The van der Waals surface area contributed by atoms with Crippen molar-refractivity contribution in [2.75, 3.05) is 7.11 Å². The molecule has 0 radical (unpaired) electrons. The Kier molecular flexibility index (Phi) is 9.81. The zero-order chi connectivity index (χ0) is 27.5. The highest BCUT2D eigenvalue weighted by Crippen LogP contribution is 2.14. The van der Waals surface area contributed by atoms with Crippen molar-refractivity contribution in [1.29, 1.82) is 0 Å². The number of rotatable bonds is 10. The molecule has 1 heterocycles. The van der Waals surface area contributed by atoms with Crippen LogP contribution in [0.25, 0.3) is 0 Å². The van der Waals surface area contributed by atoms with Gasteiger partial charge in [-0.2, -0.15) is 0 Å². The van der Waals surface area contributed by atoms with Crippen molar-refractivity contribution in [1.82, 2.24) is 15.6 Å². The molecular formula is C29H33N3O6. The largest absolute Gasteiger partial charge is 0.487 e. The average molecular weight is 520 g/mol. The van der Waals surface area contributed by atoms with E-state index in [0.717, 1.165) is 11.1 Å². The summed E-state index contributed by atoms with van der Waals surface area (Å²) >= 11 is 0. The van der Waals surface area contributed by atoms with Gasteiger partial charge in [0.2, 0.25) is 5.91 Å². The van der Waals surface area contributed by atoms with Gasteiger partial charge in [-0.05, 0) is 56.2 Å². The summed E-state index contributed by atoms with van der Waals surface area (Å²) in [6, 6.07) is 19.1. The molecule has 9 heteroatoms. The Morgan fingerprint density at radius 3 is 2.24 bits per heavy atom. The van der Waals surface area contributed by atoms with Crippen LogP contribution < -0.4 is 15.4 Å². The topological polar surface area (TPSA) is 116 Å². The van der Waals surface area contributed by atoms with Crippen LogP contribution in [0.5, 0.6) is 5.75 Å². The molecule has 0 fully saturated rings. The van der Waals surface area contributed by atoms with Gasteiger partial charge in [-0.25, -0.2) is 9.59 Å². The van der Waals surface area contributed by atoms with Crippen LogP contribution in [-0.4, -0.2) is 41.7 Å². The molecule has 9 nitrogen and oxygen atoms in total. The molecule has 2 N–H and O–H groups in total. The first kappa shape index (κ1) is 28.2. The lowest BCUT2D eigenvalue weighted by molar-refractivity contribution is -0.123. The third-order valence-electron chi connectivity index (χ3n) is 5.31. The van der Waals surface area contributed by atoms with Crippen LogP contribution >= 0.6 is 0 Å². The second-order valence-corrected chi connectivity index (χ2v) is 9.57. The lowest BCUT2D eigenvalue weighted by Gasteiger charge is -2.23. The number of nitrogens with one attached hydrogen (secondary N) is 2. The lowest BCUT2D eigenvalue weighted by Crippen LogP contribution is -2.49. The Morgan fingerprint density at radius 2 is 1.63 bits per heavy atom. The van der Waals surface area contributed by atoms with E-state index >= 15 is 0 Å². The van der Waals surface area contributed by atoms with E-state index < -0.39 is 29.6 Å². The van der Waals surface area contributed by atoms with Gasteiger partial charge in [-0.1, -0.05) is 42.5 Å². The van der Waals surface area contributed by atoms with E-state index in [1.54, 1.807) is 63.4 Å². The van der Waals surface area contributed by atoms with Gasteiger partial charge < -0.3 is 24.8 Å². The molecule has 0 aliphatic carbocycles. The third-order valence-corrected chi connectivity index (χ3v) is 5.31. The molecule has 0 bridgehead atoms. The maximum absolute atomic E-state index is 13.1. The zero-order valence-corrected chi connectivity index (χ0v) is 22.0. The Hall–Kier alpha value is -4.40. The van der Waals surface area contributed by atoms with Crippen LogP contribution in [0.4, 0.5) is 4.79 Å². The van der Waals surface area contributed by atoms with Crippen molar-refractivity contribution >= 4 is 18.0 Å². The number of esters is 1. The minimum absolute atomic E-state index is 0.144. The summed E-state index contributed by atoms with van der Waals surface area (Å²) in [5.74, 6) is -0.251. The predicted molar refractivity (Wildman–Crippen MR) is 142 cm³/mol. The molecule has 2 aromatic carbocycles. The normalized spacial score (nSPS) is 11.7. The van der Waals surface area contributed by atoms with Crippen LogP contribution in [0, 0.1) is 0 Å². The number of benzene rings is 2. The number of hydrogen-bond acceptors (Lipinski definition) is 7. The van der Waals surface area contributed by atoms with Gasteiger partial charge in [0.1, 0.15) is 24.0 Å². The summed E-state index contributed by atoms with van der Waals surface area (Å²) in [6.07, 6.45) is 1.03. The van der Waals surface area contributed by atoms with Crippen LogP contribution in [0.3, 0.4) is 0 Å². The number of nitrogens with zero attached hydrogens (tertiary/aromatic N) is 1. The van der Waals surface area contributed by atoms with Gasteiger partial charge in [-0.3, -0.25) is 9.78 Å². The fourth-order valence-electron chi connectivity index (χ4n) is 3.42. The second-order valence-electron chi connectivity index (χ2n) is 9.57. The number of aromatic nitrogens is 1. The second kappa shape index (κ2) is 13.2. The number of methoxy groups -OCH3 is 1. The van der Waals surface area contributed by atoms with E-state index in [-0.39, 0.29) is 13.0 Å². The monoisotopic (exact) mass is 519 g/mol. The quantitative estimate of drug-likeness (QED) is 0.386. The van der Waals surface area contributed by atoms with Gasteiger partial charge in [0.25, 0.3) is 0 Å². The van der Waals surface area contributed by atoms with Crippen molar-refractivity contribution in [2.24, 2.45) is 0 Å². The highest BCUT2D eigenvalue weighted by Gasteiger charge is 2.25. The van der Waals surface area contributed by atoms with Gasteiger partial charge in [0.05, 0.1) is 18.9 Å². The van der Waals surface area contributed by atoms with E-state index in [2.05, 4.69) is 15.6 Å². The minimum Gasteiger partial charge on any atom is -0.487 e. The molecule has 0 aliphatic heterocycles. The minimum atomic E-state index is -0.928. The fourth-order valence-corrected chi connectivity index (χ4v) is 3.42.